The number of ether oxygens (including phenoxy) is 3. The lowest BCUT2D eigenvalue weighted by molar-refractivity contribution is -0.134. The van der Waals surface area contributed by atoms with Crippen LogP contribution >= 0.6 is 0 Å². The topological polar surface area (TPSA) is 135 Å². The van der Waals surface area contributed by atoms with Crippen molar-refractivity contribution in [2.75, 3.05) is 26.9 Å². The maximum atomic E-state index is 13.6. The Morgan fingerprint density at radius 3 is 2.24 bits per heavy atom. The fourth-order valence-corrected chi connectivity index (χ4v) is 4.75. The van der Waals surface area contributed by atoms with Gasteiger partial charge in [0.05, 0.1) is 19.8 Å². The number of benzene rings is 1. The molecule has 1 aromatic rings. The summed E-state index contributed by atoms with van der Waals surface area (Å²) in [6.45, 7) is 5.62. The molecule has 1 aliphatic heterocycles. The van der Waals surface area contributed by atoms with Crippen molar-refractivity contribution in [3.63, 3.8) is 0 Å². The minimum absolute atomic E-state index is 0.135. The van der Waals surface area contributed by atoms with Crippen LogP contribution in [0.4, 0.5) is 0 Å². The van der Waals surface area contributed by atoms with Crippen molar-refractivity contribution < 1.29 is 33.4 Å². The molecule has 1 saturated heterocycles. The van der Waals surface area contributed by atoms with Crippen molar-refractivity contribution in [3.8, 4) is 5.75 Å². The average Bonchev–Trinajstić information content (AvgIpc) is 3.45. The molecule has 38 heavy (non-hydrogen) atoms. The number of carbonyl (C=O) groups excluding carboxylic acids is 4. The smallest absolute Gasteiger partial charge is 0.246 e. The third-order valence-corrected chi connectivity index (χ3v) is 7.22. The number of hydrogen-bond donors (Lipinski definition) is 3. The minimum atomic E-state index is -0.964. The Hall–Kier alpha value is -2.98. The van der Waals surface area contributed by atoms with Crippen LogP contribution in [0.15, 0.2) is 24.3 Å². The Kier molecular flexibility index (Phi) is 10.7. The Morgan fingerprint density at radius 1 is 1.03 bits per heavy atom. The first-order valence-electron chi connectivity index (χ1n) is 13.4. The van der Waals surface area contributed by atoms with Gasteiger partial charge in [-0.25, -0.2) is 0 Å². The molecule has 1 aromatic carbocycles. The number of nitrogens with one attached hydrogen (secondary N) is 3. The van der Waals surface area contributed by atoms with Crippen LogP contribution in [0, 0.1) is 5.92 Å². The normalized spacial score (nSPS) is 21.2. The average molecular weight is 532 g/mol. The standard InChI is InChI=1S/C28H41N3O7/c1-5-37-16-24(32)29-18(2)26(34)31-23(15-20-10-12-21(36-4)13-11-20)27(35)30-22(14-19-8-6-7-9-19)25(33)28(3)17-38-28/h10-13,18-19,22-23H,5-9,14-17H2,1-4H3,(H,29,32)(H,30,35)(H,31,34)/t18-,22+,23+,28+/m1/s1. The summed E-state index contributed by atoms with van der Waals surface area (Å²) < 4.78 is 15.7. The molecule has 0 aromatic heterocycles. The van der Waals surface area contributed by atoms with Gasteiger partial charge in [-0.1, -0.05) is 37.8 Å². The summed E-state index contributed by atoms with van der Waals surface area (Å²) in [5.41, 5.74) is -0.0691. The van der Waals surface area contributed by atoms with Gasteiger partial charge < -0.3 is 30.2 Å². The zero-order chi connectivity index (χ0) is 27.7. The van der Waals surface area contributed by atoms with Crippen molar-refractivity contribution in [2.45, 2.75) is 83.0 Å². The van der Waals surface area contributed by atoms with Gasteiger partial charge in [0.25, 0.3) is 0 Å². The number of ketones is 1. The lowest BCUT2D eigenvalue weighted by Gasteiger charge is -2.26. The van der Waals surface area contributed by atoms with Gasteiger partial charge in [0.15, 0.2) is 5.78 Å². The highest BCUT2D eigenvalue weighted by molar-refractivity contribution is 5.98. The number of methoxy groups -OCH3 is 1. The van der Waals surface area contributed by atoms with Crippen LogP contribution in [0.5, 0.6) is 5.75 Å². The van der Waals surface area contributed by atoms with Gasteiger partial charge in [0, 0.05) is 13.0 Å². The molecule has 210 valence electrons. The maximum Gasteiger partial charge on any atom is 0.246 e. The molecule has 4 atom stereocenters. The molecule has 10 heteroatoms. The van der Waals surface area contributed by atoms with E-state index >= 15 is 0 Å². The van der Waals surface area contributed by atoms with Crippen molar-refractivity contribution in [1.29, 1.82) is 0 Å². The fraction of sp³-hybridized carbons (Fsp3) is 0.643. The summed E-state index contributed by atoms with van der Waals surface area (Å²) in [5, 5.41) is 8.28. The van der Waals surface area contributed by atoms with Crippen LogP contribution in [0.2, 0.25) is 0 Å². The highest BCUT2D eigenvalue weighted by atomic mass is 16.6. The fourth-order valence-electron chi connectivity index (χ4n) is 4.75. The van der Waals surface area contributed by atoms with Crippen molar-refractivity contribution in [3.05, 3.63) is 29.8 Å². The first kappa shape index (κ1) is 29.6. The zero-order valence-electron chi connectivity index (χ0n) is 22.8. The van der Waals surface area contributed by atoms with Crippen LogP contribution < -0.4 is 20.7 Å². The van der Waals surface area contributed by atoms with Gasteiger partial charge in [-0.2, -0.15) is 0 Å². The molecule has 3 N–H and O–H groups in total. The summed E-state index contributed by atoms with van der Waals surface area (Å²) in [6.07, 6.45) is 5.05. The predicted octanol–water partition coefficient (Wildman–Crippen LogP) is 1.69. The second kappa shape index (κ2) is 13.7. The molecule has 2 fully saturated rings. The van der Waals surface area contributed by atoms with E-state index in [-0.39, 0.29) is 18.8 Å². The van der Waals surface area contributed by atoms with Crippen molar-refractivity contribution >= 4 is 23.5 Å². The molecule has 0 unspecified atom stereocenters. The molecule has 1 aliphatic carbocycles. The lowest BCUT2D eigenvalue weighted by atomic mass is 9.90. The molecule has 3 amide bonds. The second-order valence-corrected chi connectivity index (χ2v) is 10.4. The highest BCUT2D eigenvalue weighted by Crippen LogP contribution is 2.33. The van der Waals surface area contributed by atoms with E-state index in [9.17, 15) is 19.2 Å². The SMILES string of the molecule is CCOCC(=O)N[C@H](C)C(=O)N[C@@H](Cc1ccc(OC)cc1)C(=O)N[C@@H](CC1CCCC1)C(=O)[C@]1(C)CO1. The van der Waals surface area contributed by atoms with Gasteiger partial charge in [-0.05, 0) is 50.8 Å². The van der Waals surface area contributed by atoms with E-state index in [0.29, 0.717) is 31.3 Å². The van der Waals surface area contributed by atoms with Crippen molar-refractivity contribution in [1.82, 2.24) is 16.0 Å². The summed E-state index contributed by atoms with van der Waals surface area (Å²) in [6, 6.07) is 4.65. The second-order valence-electron chi connectivity index (χ2n) is 10.4. The molecule has 0 bridgehead atoms. The number of hydrogen-bond acceptors (Lipinski definition) is 7. The van der Waals surface area contributed by atoms with E-state index in [1.165, 1.54) is 0 Å². The van der Waals surface area contributed by atoms with E-state index in [0.717, 1.165) is 31.2 Å². The monoisotopic (exact) mass is 531 g/mol. The molecule has 10 nitrogen and oxygen atoms in total. The number of carbonyl (C=O) groups is 4. The maximum absolute atomic E-state index is 13.6. The lowest BCUT2D eigenvalue weighted by Crippen LogP contribution is -2.57. The molecule has 0 spiro atoms. The third-order valence-electron chi connectivity index (χ3n) is 7.22. The summed E-state index contributed by atoms with van der Waals surface area (Å²) in [7, 11) is 1.57. The predicted molar refractivity (Wildman–Crippen MR) is 141 cm³/mol. The minimum Gasteiger partial charge on any atom is -0.497 e. The van der Waals surface area contributed by atoms with Gasteiger partial charge in [0.1, 0.15) is 30.0 Å². The summed E-state index contributed by atoms with van der Waals surface area (Å²) >= 11 is 0. The van der Waals surface area contributed by atoms with E-state index < -0.39 is 41.4 Å². The molecule has 2 aliphatic rings. The van der Waals surface area contributed by atoms with E-state index in [4.69, 9.17) is 14.2 Å². The number of Topliss-reactive ketones (excluding diaryl/α,β-unsaturated/α-hetero) is 1. The Bertz CT molecular complexity index is 971. The van der Waals surface area contributed by atoms with Crippen LogP contribution in [0.3, 0.4) is 0 Å². The quantitative estimate of drug-likeness (QED) is 0.293. The first-order chi connectivity index (χ1) is 18.1. The molecule has 0 radical (unpaired) electrons. The van der Waals surface area contributed by atoms with Gasteiger partial charge in [0.2, 0.25) is 17.7 Å². The van der Waals surface area contributed by atoms with E-state index in [1.54, 1.807) is 40.0 Å². The molecule has 1 saturated carbocycles. The third kappa shape index (κ3) is 8.52. The van der Waals surface area contributed by atoms with Crippen LogP contribution in [0.25, 0.3) is 0 Å². The highest BCUT2D eigenvalue weighted by Gasteiger charge is 2.50. The Morgan fingerprint density at radius 2 is 1.66 bits per heavy atom. The summed E-state index contributed by atoms with van der Waals surface area (Å²) in [5.74, 6) is -0.497. The number of rotatable bonds is 15. The Balaban J connectivity index is 1.74. The molecular formula is C28H41N3O7. The van der Waals surface area contributed by atoms with E-state index in [2.05, 4.69) is 16.0 Å². The van der Waals surface area contributed by atoms with Crippen molar-refractivity contribution in [2.24, 2.45) is 5.92 Å². The van der Waals surface area contributed by atoms with Gasteiger partial charge in [-0.15, -0.1) is 0 Å². The van der Waals surface area contributed by atoms with Crippen LogP contribution in [-0.4, -0.2) is 74.2 Å². The largest absolute Gasteiger partial charge is 0.497 e. The van der Waals surface area contributed by atoms with Gasteiger partial charge >= 0.3 is 0 Å². The van der Waals surface area contributed by atoms with Gasteiger partial charge in [-0.3, -0.25) is 19.2 Å². The molecule has 3 rings (SSSR count). The Labute approximate surface area is 224 Å². The summed E-state index contributed by atoms with van der Waals surface area (Å²) in [4.78, 5) is 51.8. The first-order valence-corrected chi connectivity index (χ1v) is 13.4. The molecule has 1 heterocycles. The number of epoxide rings is 1. The van der Waals surface area contributed by atoms with E-state index in [1.807, 2.05) is 12.1 Å². The number of amides is 3. The van der Waals surface area contributed by atoms with Crippen LogP contribution in [0.1, 0.15) is 58.4 Å². The zero-order valence-corrected chi connectivity index (χ0v) is 22.8. The van der Waals surface area contributed by atoms with Crippen LogP contribution in [-0.2, 0) is 35.1 Å². The molecular weight excluding hydrogens is 490 g/mol.